The molecule has 0 bridgehead atoms. The van der Waals surface area contributed by atoms with Gasteiger partial charge in [-0.3, -0.25) is 0 Å². The molecular formula is CuIO2. The summed E-state index contributed by atoms with van der Waals surface area (Å²) in [6.07, 6.45) is 0. The molecule has 0 saturated heterocycles. The summed E-state index contributed by atoms with van der Waals surface area (Å²) in [5, 5.41) is 0. The van der Waals surface area contributed by atoms with Crippen LogP contribution in [0.15, 0.2) is 0 Å². The van der Waals surface area contributed by atoms with Gasteiger partial charge in [-0.15, -0.1) is 0 Å². The van der Waals surface area contributed by atoms with Crippen LogP contribution >= 0.6 is 0 Å². The third-order valence-electron chi connectivity index (χ3n) is 0. The van der Waals surface area contributed by atoms with Crippen molar-refractivity contribution in [3.05, 3.63) is 0 Å². The van der Waals surface area contributed by atoms with Crippen LogP contribution in [0.1, 0.15) is 0 Å². The molecule has 0 rings (SSSR count). The summed E-state index contributed by atoms with van der Waals surface area (Å²) in [5.74, 6) is 0. The average Bonchev–Trinajstić information content (AvgIpc) is 0.918. The minimum atomic E-state index is -1.91. The number of halogens is 1. The third-order valence-corrected chi connectivity index (χ3v) is 0. The Kier molecular flexibility index (Phi) is 19.9. The van der Waals surface area contributed by atoms with Gasteiger partial charge in [0.25, 0.3) is 0 Å². The van der Waals surface area contributed by atoms with Crippen molar-refractivity contribution >= 4 is 0 Å². The van der Waals surface area contributed by atoms with E-state index < -0.39 is 22.0 Å². The topological polar surface area (TPSA) is 46.1 Å². The summed E-state index contributed by atoms with van der Waals surface area (Å²) in [4.78, 5) is 0. The van der Waals surface area contributed by atoms with Gasteiger partial charge >= 0.3 is 17.1 Å². The molecule has 0 spiro atoms. The molecule has 0 N–H and O–H groups in total. The van der Waals surface area contributed by atoms with E-state index in [4.69, 9.17) is 6.87 Å². The van der Waals surface area contributed by atoms with Crippen LogP contribution in [-0.4, -0.2) is 0 Å². The van der Waals surface area contributed by atoms with E-state index in [1.54, 1.807) is 0 Å². The van der Waals surface area contributed by atoms with Gasteiger partial charge in [0, 0.05) is 0 Å². The van der Waals surface area contributed by atoms with E-state index in [0.29, 0.717) is 0 Å². The summed E-state index contributed by atoms with van der Waals surface area (Å²) in [7, 11) is 0. The Hall–Kier alpha value is 1.17. The second-order valence-corrected chi connectivity index (χ2v) is 0.423. The number of hydrogen-bond acceptors (Lipinski definition) is 2. The quantitative estimate of drug-likeness (QED) is 0.303. The van der Waals surface area contributed by atoms with Crippen molar-refractivity contribution in [2.24, 2.45) is 0 Å². The van der Waals surface area contributed by atoms with Gasteiger partial charge < -0.3 is 6.87 Å². The summed E-state index contributed by atoms with van der Waals surface area (Å²) in [6, 6.07) is 0. The van der Waals surface area contributed by atoms with Crippen LogP contribution in [0.2, 0.25) is 0 Å². The molecule has 0 fully saturated rings. The molecule has 0 aliphatic rings. The predicted octanol–water partition coefficient (Wildman–Crippen LogP) is -5.38. The molecule has 2 nitrogen and oxygen atoms in total. The molecule has 0 aromatic heterocycles. The Balaban J connectivity index is 0. The van der Waals surface area contributed by atoms with Crippen LogP contribution in [0.25, 0.3) is 0 Å². The molecule has 0 saturated carbocycles. The molecule has 0 aliphatic carbocycles. The molecular weight excluding hydrogens is 222 g/mol. The van der Waals surface area contributed by atoms with Crippen LogP contribution in [0, 0.1) is 0 Å². The molecule has 0 unspecified atom stereocenters. The minimum Gasteiger partial charge on any atom is -0.599 e. The molecule has 0 heterocycles. The van der Waals surface area contributed by atoms with E-state index in [1.165, 1.54) is 0 Å². The van der Waals surface area contributed by atoms with Crippen molar-refractivity contribution in [3.8, 4) is 0 Å². The van der Waals surface area contributed by atoms with Crippen molar-refractivity contribution in [1.29, 1.82) is 0 Å². The number of rotatable bonds is 0. The van der Waals surface area contributed by atoms with E-state index in [1.807, 2.05) is 0 Å². The van der Waals surface area contributed by atoms with Gasteiger partial charge in [-0.05, 0) is 0 Å². The van der Waals surface area contributed by atoms with E-state index in [-0.39, 0.29) is 17.1 Å². The van der Waals surface area contributed by atoms with Crippen molar-refractivity contribution < 1.29 is 46.0 Å². The van der Waals surface area contributed by atoms with Gasteiger partial charge in [0.2, 0.25) is 0 Å². The largest absolute Gasteiger partial charge is 1.00 e. The summed E-state index contributed by atoms with van der Waals surface area (Å²) in [6.45, 7) is 0. The van der Waals surface area contributed by atoms with Crippen molar-refractivity contribution in [1.82, 2.24) is 0 Å². The zero-order valence-electron chi connectivity index (χ0n) is 1.50. The molecule has 0 aromatic rings. The summed E-state index contributed by atoms with van der Waals surface area (Å²) in [5.41, 5.74) is 0. The zero-order valence-corrected chi connectivity index (χ0v) is 4.60. The van der Waals surface area contributed by atoms with Gasteiger partial charge in [-0.25, -0.2) is 0 Å². The first kappa shape index (κ1) is 8.95. The molecule has 0 aromatic carbocycles. The standard InChI is InChI=1S/Cu.IO2/c;2-1-3/q+1;-1. The van der Waals surface area contributed by atoms with E-state index in [2.05, 4.69) is 0 Å². The van der Waals surface area contributed by atoms with Crippen LogP contribution in [0.5, 0.6) is 0 Å². The van der Waals surface area contributed by atoms with Gasteiger partial charge in [0.1, 0.15) is 0 Å². The Morgan fingerprint density at radius 1 is 1.25 bits per heavy atom. The molecule has 30 valence electrons. The Morgan fingerprint density at radius 3 is 1.25 bits per heavy atom. The smallest absolute Gasteiger partial charge is 0.599 e. The second-order valence-electron chi connectivity index (χ2n) is 0.0630. The Labute approximate surface area is 46.0 Å². The fourth-order valence-electron chi connectivity index (χ4n) is 0. The summed E-state index contributed by atoms with van der Waals surface area (Å²) >= 11 is -1.91. The third kappa shape index (κ3) is 10.9. The second kappa shape index (κ2) is 8.90. The first-order valence-electron chi connectivity index (χ1n) is 0.309. The van der Waals surface area contributed by atoms with Crippen LogP contribution in [-0.2, 0) is 17.1 Å². The maximum atomic E-state index is 8.48. The van der Waals surface area contributed by atoms with Crippen molar-refractivity contribution in [3.63, 3.8) is 0 Å². The fourth-order valence-corrected chi connectivity index (χ4v) is 0. The Bertz CT molecular complexity index is 6.00. The molecule has 0 atom stereocenters. The molecule has 0 amide bonds. The van der Waals surface area contributed by atoms with Crippen LogP contribution < -0.4 is 28.9 Å². The molecule has 0 radical (unpaired) electrons. The van der Waals surface area contributed by atoms with Crippen molar-refractivity contribution in [2.45, 2.75) is 0 Å². The van der Waals surface area contributed by atoms with E-state index >= 15 is 0 Å². The van der Waals surface area contributed by atoms with Crippen LogP contribution in [0.4, 0.5) is 0 Å². The maximum absolute atomic E-state index is 8.48. The van der Waals surface area contributed by atoms with Crippen molar-refractivity contribution in [2.75, 3.05) is 0 Å². The number of hydrogen-bond donors (Lipinski definition) is 0. The van der Waals surface area contributed by atoms with Gasteiger partial charge in [0.05, 0.1) is 0 Å². The minimum absolute atomic E-state index is 0. The SMILES string of the molecule is [Cu+].[O-][I+][O-]. The van der Waals surface area contributed by atoms with E-state index in [9.17, 15) is 0 Å². The Morgan fingerprint density at radius 2 is 1.25 bits per heavy atom. The average molecular weight is 222 g/mol. The first-order chi connectivity index (χ1) is 1.41. The zero-order chi connectivity index (χ0) is 2.71. The maximum Gasteiger partial charge on any atom is 1.00 e. The van der Waals surface area contributed by atoms with Crippen LogP contribution in [0.3, 0.4) is 0 Å². The first-order valence-corrected chi connectivity index (χ1v) is 2.07. The monoisotopic (exact) mass is 222 g/mol. The molecule has 4 heteroatoms. The summed E-state index contributed by atoms with van der Waals surface area (Å²) < 4.78 is 17.0. The fraction of sp³-hybridized carbons (Fsp3) is 0. The molecule has 4 heavy (non-hydrogen) atoms. The normalized spacial score (nSPS) is 4.50. The van der Waals surface area contributed by atoms with E-state index in [0.717, 1.165) is 0 Å². The molecule has 0 aliphatic heterocycles. The predicted molar refractivity (Wildman–Crippen MR) is 0 cm³/mol. The van der Waals surface area contributed by atoms with Gasteiger partial charge in [-0.1, -0.05) is 0 Å². The van der Waals surface area contributed by atoms with Gasteiger partial charge in [-0.2, -0.15) is 0 Å². The van der Waals surface area contributed by atoms with Gasteiger partial charge in [0.15, 0.2) is 22.0 Å².